The van der Waals surface area contributed by atoms with Gasteiger partial charge in [-0.2, -0.15) is 0 Å². The number of carbonyl (C=O) groups is 2. The summed E-state index contributed by atoms with van der Waals surface area (Å²) < 4.78 is 18.6. The monoisotopic (exact) mass is 401 g/mol. The molecule has 1 saturated carbocycles. The van der Waals surface area contributed by atoms with Crippen LogP contribution in [0.1, 0.15) is 44.9 Å². The molecule has 3 amide bonds. The van der Waals surface area contributed by atoms with Crippen molar-refractivity contribution >= 4 is 11.9 Å². The van der Waals surface area contributed by atoms with Gasteiger partial charge in [0.15, 0.2) is 0 Å². The molecule has 1 fully saturated rings. The van der Waals surface area contributed by atoms with Crippen molar-refractivity contribution in [1.29, 1.82) is 0 Å². The fourth-order valence-corrected chi connectivity index (χ4v) is 3.02. The number of rotatable bonds is 7. The second kappa shape index (κ2) is 8.68. The van der Waals surface area contributed by atoms with Gasteiger partial charge in [0, 0.05) is 18.1 Å². The lowest BCUT2D eigenvalue weighted by molar-refractivity contribution is -0.133. The molecule has 0 atom stereocenters. The van der Waals surface area contributed by atoms with Crippen LogP contribution in [0.25, 0.3) is 0 Å². The molecule has 0 unspecified atom stereocenters. The Kier molecular flexibility index (Phi) is 6.25. The molecule has 1 aliphatic rings. The Balaban J connectivity index is 1.73. The zero-order chi connectivity index (χ0) is 21.0. The maximum atomic E-state index is 13.2. The van der Waals surface area contributed by atoms with Gasteiger partial charge in [-0.1, -0.05) is 12.1 Å². The van der Waals surface area contributed by atoms with Crippen LogP contribution in [0.3, 0.4) is 0 Å². The average molecular weight is 401 g/mol. The molecule has 6 nitrogen and oxygen atoms in total. The number of hydrogen-bond acceptors (Lipinski definition) is 3. The number of urea groups is 1. The number of nitrogens with zero attached hydrogens (tertiary/aromatic N) is 2. The van der Waals surface area contributed by atoms with E-state index in [0.717, 1.165) is 18.4 Å². The Hall–Kier alpha value is -2.83. The minimum absolute atomic E-state index is 0.00547. The molecular formula is C22H28FN3O3. The molecule has 0 aliphatic heterocycles. The SMILES string of the molecule is CC(C)(C)NC(=O)N(CC(=O)N(Cc1ccc(F)cc1)Cc1ccco1)C1CC1. The number of carbonyl (C=O) groups excluding carboxylic acids is 2. The van der Waals surface area contributed by atoms with Crippen LogP contribution >= 0.6 is 0 Å². The minimum Gasteiger partial charge on any atom is -0.467 e. The number of furan rings is 1. The van der Waals surface area contributed by atoms with Gasteiger partial charge in [0.05, 0.1) is 12.8 Å². The zero-order valence-corrected chi connectivity index (χ0v) is 17.2. The summed E-state index contributed by atoms with van der Waals surface area (Å²) in [7, 11) is 0. The standard InChI is InChI=1S/C22H28FN3O3/c1-22(2,3)24-21(28)26(18-10-11-18)15-20(27)25(14-19-5-4-12-29-19)13-16-6-8-17(23)9-7-16/h4-9,12,18H,10-11,13-15H2,1-3H3,(H,24,28). The van der Waals surface area contributed by atoms with E-state index in [-0.39, 0.29) is 42.4 Å². The molecule has 0 bridgehead atoms. The smallest absolute Gasteiger partial charge is 0.318 e. The van der Waals surface area contributed by atoms with Gasteiger partial charge in [-0.15, -0.1) is 0 Å². The highest BCUT2D eigenvalue weighted by Crippen LogP contribution is 2.27. The summed E-state index contributed by atoms with van der Waals surface area (Å²) in [6.07, 6.45) is 3.37. The second-order valence-electron chi connectivity index (χ2n) is 8.49. The van der Waals surface area contributed by atoms with Crippen LogP contribution < -0.4 is 5.32 Å². The van der Waals surface area contributed by atoms with Crippen molar-refractivity contribution in [3.05, 3.63) is 59.8 Å². The third-order valence-electron chi connectivity index (χ3n) is 4.60. The Morgan fingerprint density at radius 1 is 1.14 bits per heavy atom. The van der Waals surface area contributed by atoms with Gasteiger partial charge < -0.3 is 19.5 Å². The van der Waals surface area contributed by atoms with Crippen molar-refractivity contribution in [3.63, 3.8) is 0 Å². The van der Waals surface area contributed by atoms with Crippen molar-refractivity contribution < 1.29 is 18.4 Å². The third-order valence-corrected chi connectivity index (χ3v) is 4.60. The number of hydrogen-bond donors (Lipinski definition) is 1. The number of amides is 3. The van der Waals surface area contributed by atoms with E-state index in [2.05, 4.69) is 5.32 Å². The van der Waals surface area contributed by atoms with Gasteiger partial charge in [0.1, 0.15) is 18.1 Å². The van der Waals surface area contributed by atoms with Gasteiger partial charge in [-0.05, 0) is 63.4 Å². The molecule has 29 heavy (non-hydrogen) atoms. The van der Waals surface area contributed by atoms with Crippen LogP contribution in [-0.2, 0) is 17.9 Å². The lowest BCUT2D eigenvalue weighted by atomic mass is 10.1. The normalized spacial score (nSPS) is 13.8. The maximum absolute atomic E-state index is 13.2. The highest BCUT2D eigenvalue weighted by Gasteiger charge is 2.36. The lowest BCUT2D eigenvalue weighted by Crippen LogP contribution is -2.52. The number of benzene rings is 1. The van der Waals surface area contributed by atoms with Crippen molar-refractivity contribution in [2.75, 3.05) is 6.54 Å². The summed E-state index contributed by atoms with van der Waals surface area (Å²) in [5.74, 6) is 0.149. The van der Waals surface area contributed by atoms with E-state index in [1.165, 1.54) is 12.1 Å². The molecule has 1 heterocycles. The first-order valence-corrected chi connectivity index (χ1v) is 9.85. The van der Waals surface area contributed by atoms with Crippen LogP contribution in [0.5, 0.6) is 0 Å². The van der Waals surface area contributed by atoms with Gasteiger partial charge in [-0.25, -0.2) is 9.18 Å². The molecule has 0 radical (unpaired) electrons. The summed E-state index contributed by atoms with van der Waals surface area (Å²) in [5.41, 5.74) is 0.429. The molecule has 156 valence electrons. The van der Waals surface area contributed by atoms with E-state index in [0.29, 0.717) is 12.3 Å². The van der Waals surface area contributed by atoms with Crippen molar-refractivity contribution in [1.82, 2.24) is 15.1 Å². The quantitative estimate of drug-likeness (QED) is 0.765. The average Bonchev–Trinajstić information content (AvgIpc) is 3.35. The number of nitrogens with one attached hydrogen (secondary N) is 1. The second-order valence-corrected chi connectivity index (χ2v) is 8.49. The first-order chi connectivity index (χ1) is 13.7. The molecule has 7 heteroatoms. The van der Waals surface area contributed by atoms with Crippen LogP contribution in [-0.4, -0.2) is 39.9 Å². The van der Waals surface area contributed by atoms with Crippen molar-refractivity contribution in [2.45, 2.75) is 58.3 Å². The Bertz CT molecular complexity index is 824. The van der Waals surface area contributed by atoms with Crippen LogP contribution in [0.15, 0.2) is 47.1 Å². The first-order valence-electron chi connectivity index (χ1n) is 9.85. The van der Waals surface area contributed by atoms with E-state index < -0.39 is 0 Å². The summed E-state index contributed by atoms with van der Waals surface area (Å²) in [6, 6.07) is 9.49. The fourth-order valence-electron chi connectivity index (χ4n) is 3.02. The molecule has 1 N–H and O–H groups in total. The van der Waals surface area contributed by atoms with Gasteiger partial charge in [-0.3, -0.25) is 4.79 Å². The largest absolute Gasteiger partial charge is 0.467 e. The molecule has 2 aromatic rings. The fraction of sp³-hybridized carbons (Fsp3) is 0.455. The van der Waals surface area contributed by atoms with Gasteiger partial charge in [0.25, 0.3) is 0 Å². The van der Waals surface area contributed by atoms with E-state index in [1.807, 2.05) is 20.8 Å². The molecule has 1 aromatic carbocycles. The first kappa shape index (κ1) is 20.9. The molecule has 1 aromatic heterocycles. The summed E-state index contributed by atoms with van der Waals surface area (Å²) in [4.78, 5) is 29.1. The summed E-state index contributed by atoms with van der Waals surface area (Å²) in [6.45, 7) is 6.32. The Morgan fingerprint density at radius 2 is 1.83 bits per heavy atom. The summed E-state index contributed by atoms with van der Waals surface area (Å²) >= 11 is 0. The Labute approximate surface area is 170 Å². The number of halogens is 1. The minimum atomic E-state index is -0.380. The van der Waals surface area contributed by atoms with Crippen LogP contribution in [0.4, 0.5) is 9.18 Å². The molecular weight excluding hydrogens is 373 g/mol. The molecule has 1 aliphatic carbocycles. The zero-order valence-electron chi connectivity index (χ0n) is 17.2. The highest BCUT2D eigenvalue weighted by atomic mass is 19.1. The van der Waals surface area contributed by atoms with Crippen molar-refractivity contribution in [2.24, 2.45) is 0 Å². The molecule has 0 spiro atoms. The van der Waals surface area contributed by atoms with E-state index in [4.69, 9.17) is 4.42 Å². The van der Waals surface area contributed by atoms with E-state index in [9.17, 15) is 14.0 Å². The van der Waals surface area contributed by atoms with E-state index >= 15 is 0 Å². The lowest BCUT2D eigenvalue weighted by Gasteiger charge is -2.30. The van der Waals surface area contributed by atoms with Gasteiger partial charge in [0.2, 0.25) is 5.91 Å². The highest BCUT2D eigenvalue weighted by molar-refractivity contribution is 5.84. The molecule has 0 saturated heterocycles. The molecule has 3 rings (SSSR count). The van der Waals surface area contributed by atoms with E-state index in [1.54, 1.807) is 40.3 Å². The Morgan fingerprint density at radius 3 is 2.38 bits per heavy atom. The predicted octanol–water partition coefficient (Wildman–Crippen LogP) is 3.92. The topological polar surface area (TPSA) is 65.8 Å². The van der Waals surface area contributed by atoms with Crippen LogP contribution in [0.2, 0.25) is 0 Å². The van der Waals surface area contributed by atoms with Crippen LogP contribution in [0, 0.1) is 5.82 Å². The van der Waals surface area contributed by atoms with Gasteiger partial charge >= 0.3 is 6.03 Å². The summed E-state index contributed by atoms with van der Waals surface area (Å²) in [5, 5.41) is 2.94. The van der Waals surface area contributed by atoms with Crippen molar-refractivity contribution in [3.8, 4) is 0 Å². The third kappa shape index (κ3) is 6.34. The predicted molar refractivity (Wildman–Crippen MR) is 107 cm³/mol. The maximum Gasteiger partial charge on any atom is 0.318 e.